The van der Waals surface area contributed by atoms with E-state index in [0.29, 0.717) is 12.5 Å². The van der Waals surface area contributed by atoms with Gasteiger partial charge in [-0.05, 0) is 19.4 Å². The molecular formula is C10H19N3. The smallest absolute Gasteiger partial charge is 0.110 e. The Balaban J connectivity index is 2.90. The van der Waals surface area contributed by atoms with Gasteiger partial charge >= 0.3 is 0 Å². The van der Waals surface area contributed by atoms with E-state index in [1.54, 1.807) is 0 Å². The molecule has 3 nitrogen and oxygen atoms in total. The number of imidazole rings is 1. The van der Waals surface area contributed by atoms with E-state index in [1.165, 1.54) is 5.69 Å². The summed E-state index contributed by atoms with van der Waals surface area (Å²) >= 11 is 0. The highest BCUT2D eigenvalue weighted by Gasteiger charge is 2.08. The number of nitrogens with two attached hydrogens (primary N) is 1. The lowest BCUT2D eigenvalue weighted by Crippen LogP contribution is -2.08. The van der Waals surface area contributed by atoms with Gasteiger partial charge in [0.1, 0.15) is 5.82 Å². The van der Waals surface area contributed by atoms with Crippen LogP contribution in [0.3, 0.4) is 0 Å². The molecular weight excluding hydrogens is 162 g/mol. The zero-order valence-corrected chi connectivity index (χ0v) is 8.75. The highest BCUT2D eigenvalue weighted by molar-refractivity contribution is 5.08. The summed E-state index contributed by atoms with van der Waals surface area (Å²) in [7, 11) is 0. The van der Waals surface area contributed by atoms with Gasteiger partial charge in [0.25, 0.3) is 0 Å². The summed E-state index contributed by atoms with van der Waals surface area (Å²) in [6.07, 6.45) is 3.01. The van der Waals surface area contributed by atoms with Crippen LogP contribution in [-0.4, -0.2) is 16.1 Å². The summed E-state index contributed by atoms with van der Waals surface area (Å²) < 4.78 is 2.18. The van der Waals surface area contributed by atoms with Crippen LogP contribution >= 0.6 is 0 Å². The molecule has 1 aromatic heterocycles. The summed E-state index contributed by atoms with van der Waals surface area (Å²) in [4.78, 5) is 4.55. The van der Waals surface area contributed by atoms with E-state index in [9.17, 15) is 0 Å². The average Bonchev–Trinajstić information content (AvgIpc) is 2.48. The molecule has 3 heteroatoms. The first kappa shape index (κ1) is 10.3. The van der Waals surface area contributed by atoms with Crippen LogP contribution in [0.1, 0.15) is 38.2 Å². The van der Waals surface area contributed by atoms with E-state index in [-0.39, 0.29) is 0 Å². The van der Waals surface area contributed by atoms with Crippen LogP contribution in [0, 0.1) is 0 Å². The first-order valence-electron chi connectivity index (χ1n) is 4.95. The molecule has 0 radical (unpaired) electrons. The van der Waals surface area contributed by atoms with Crippen LogP contribution in [0.4, 0.5) is 0 Å². The minimum atomic E-state index is 0.504. The lowest BCUT2D eigenvalue weighted by Gasteiger charge is -2.00. The molecule has 0 saturated carbocycles. The van der Waals surface area contributed by atoms with Gasteiger partial charge in [-0.15, -0.1) is 0 Å². The van der Waals surface area contributed by atoms with E-state index >= 15 is 0 Å². The topological polar surface area (TPSA) is 43.8 Å². The summed E-state index contributed by atoms with van der Waals surface area (Å²) in [5.74, 6) is 1.62. The molecule has 13 heavy (non-hydrogen) atoms. The summed E-state index contributed by atoms with van der Waals surface area (Å²) in [5, 5.41) is 0. The van der Waals surface area contributed by atoms with Crippen LogP contribution in [0.5, 0.6) is 0 Å². The monoisotopic (exact) mass is 181 g/mol. The third-order valence-electron chi connectivity index (χ3n) is 2.18. The number of hydrogen-bond donors (Lipinski definition) is 1. The molecule has 0 unspecified atom stereocenters. The van der Waals surface area contributed by atoms with Crippen LogP contribution in [-0.2, 0) is 13.0 Å². The van der Waals surface area contributed by atoms with Gasteiger partial charge in [-0.3, -0.25) is 0 Å². The van der Waals surface area contributed by atoms with Gasteiger partial charge in [0.2, 0.25) is 0 Å². The zero-order valence-electron chi connectivity index (χ0n) is 8.75. The molecule has 0 amide bonds. The average molecular weight is 181 g/mol. The Bertz CT molecular complexity index is 263. The standard InChI is InChI=1S/C10H19N3/c1-4-13-7-9(8(2)3)12-10(13)5-6-11/h7-8H,4-6,11H2,1-3H3. The third kappa shape index (κ3) is 2.31. The number of aryl methyl sites for hydroxylation is 1. The molecule has 0 spiro atoms. The van der Waals surface area contributed by atoms with Crippen molar-refractivity contribution in [3.63, 3.8) is 0 Å². The predicted octanol–water partition coefficient (Wildman–Crippen LogP) is 1.53. The quantitative estimate of drug-likeness (QED) is 0.765. The Morgan fingerprint density at radius 1 is 1.54 bits per heavy atom. The molecule has 1 heterocycles. The zero-order chi connectivity index (χ0) is 9.84. The molecule has 0 saturated heterocycles. The molecule has 74 valence electrons. The number of rotatable bonds is 4. The van der Waals surface area contributed by atoms with Crippen molar-refractivity contribution < 1.29 is 0 Å². The Labute approximate surface area is 80.0 Å². The normalized spacial score (nSPS) is 11.2. The summed E-state index contributed by atoms with van der Waals surface area (Å²) in [6.45, 7) is 8.11. The number of hydrogen-bond acceptors (Lipinski definition) is 2. The number of aromatic nitrogens is 2. The van der Waals surface area contributed by atoms with Gasteiger partial charge in [0, 0.05) is 19.2 Å². The van der Waals surface area contributed by atoms with Crippen LogP contribution in [0.15, 0.2) is 6.20 Å². The molecule has 0 aliphatic rings. The molecule has 1 aromatic rings. The highest BCUT2D eigenvalue weighted by Crippen LogP contribution is 2.13. The van der Waals surface area contributed by atoms with Gasteiger partial charge in [-0.1, -0.05) is 13.8 Å². The van der Waals surface area contributed by atoms with E-state index in [1.807, 2.05) is 0 Å². The lowest BCUT2D eigenvalue weighted by molar-refractivity contribution is 0.693. The highest BCUT2D eigenvalue weighted by atomic mass is 15.1. The van der Waals surface area contributed by atoms with Crippen LogP contribution in [0.2, 0.25) is 0 Å². The maximum atomic E-state index is 5.52. The fraction of sp³-hybridized carbons (Fsp3) is 0.700. The maximum absolute atomic E-state index is 5.52. The first-order chi connectivity index (χ1) is 6.19. The summed E-state index contributed by atoms with van der Waals surface area (Å²) in [5.41, 5.74) is 6.69. The second kappa shape index (κ2) is 4.42. The summed E-state index contributed by atoms with van der Waals surface area (Å²) in [6, 6.07) is 0. The molecule has 0 fully saturated rings. The first-order valence-corrected chi connectivity index (χ1v) is 4.95. The Morgan fingerprint density at radius 3 is 2.69 bits per heavy atom. The van der Waals surface area contributed by atoms with Crippen LogP contribution in [0.25, 0.3) is 0 Å². The maximum Gasteiger partial charge on any atom is 0.110 e. The van der Waals surface area contributed by atoms with Crippen molar-refractivity contribution in [2.45, 2.75) is 39.7 Å². The Morgan fingerprint density at radius 2 is 2.23 bits per heavy atom. The van der Waals surface area contributed by atoms with Gasteiger partial charge in [-0.25, -0.2) is 4.98 Å². The molecule has 0 aromatic carbocycles. The molecule has 2 N–H and O–H groups in total. The Kier molecular flexibility index (Phi) is 3.48. The third-order valence-corrected chi connectivity index (χ3v) is 2.18. The van der Waals surface area contributed by atoms with Crippen molar-refractivity contribution in [2.24, 2.45) is 5.73 Å². The van der Waals surface area contributed by atoms with Gasteiger partial charge < -0.3 is 10.3 Å². The van der Waals surface area contributed by atoms with E-state index in [2.05, 4.69) is 36.5 Å². The van der Waals surface area contributed by atoms with Crippen molar-refractivity contribution in [2.75, 3.05) is 6.54 Å². The largest absolute Gasteiger partial charge is 0.335 e. The van der Waals surface area contributed by atoms with Crippen molar-refractivity contribution in [1.82, 2.24) is 9.55 Å². The van der Waals surface area contributed by atoms with Crippen molar-refractivity contribution in [1.29, 1.82) is 0 Å². The van der Waals surface area contributed by atoms with Gasteiger partial charge in [0.05, 0.1) is 5.69 Å². The second-order valence-corrected chi connectivity index (χ2v) is 3.56. The SMILES string of the molecule is CCn1cc(C(C)C)nc1CCN. The number of nitrogens with zero attached hydrogens (tertiary/aromatic N) is 2. The lowest BCUT2D eigenvalue weighted by atomic mass is 10.2. The molecule has 0 aliphatic heterocycles. The molecule has 0 atom stereocenters. The van der Waals surface area contributed by atoms with Crippen molar-refractivity contribution >= 4 is 0 Å². The van der Waals surface area contributed by atoms with Crippen LogP contribution < -0.4 is 5.73 Å². The molecule has 1 rings (SSSR count). The fourth-order valence-corrected chi connectivity index (χ4v) is 1.36. The van der Waals surface area contributed by atoms with E-state index in [4.69, 9.17) is 5.73 Å². The predicted molar refractivity (Wildman–Crippen MR) is 54.7 cm³/mol. The molecule has 0 bridgehead atoms. The fourth-order valence-electron chi connectivity index (χ4n) is 1.36. The van der Waals surface area contributed by atoms with E-state index in [0.717, 1.165) is 18.8 Å². The van der Waals surface area contributed by atoms with Gasteiger partial charge in [0.15, 0.2) is 0 Å². The minimum Gasteiger partial charge on any atom is -0.335 e. The Hall–Kier alpha value is -0.830. The van der Waals surface area contributed by atoms with Crippen molar-refractivity contribution in [3.05, 3.63) is 17.7 Å². The van der Waals surface area contributed by atoms with Gasteiger partial charge in [-0.2, -0.15) is 0 Å². The van der Waals surface area contributed by atoms with Crippen molar-refractivity contribution in [3.8, 4) is 0 Å². The van der Waals surface area contributed by atoms with E-state index < -0.39 is 0 Å². The second-order valence-electron chi connectivity index (χ2n) is 3.56. The molecule has 0 aliphatic carbocycles. The minimum absolute atomic E-state index is 0.504.